The first-order chi connectivity index (χ1) is 7.99. The van der Waals surface area contributed by atoms with E-state index in [1.807, 2.05) is 39.0 Å². The van der Waals surface area contributed by atoms with Gasteiger partial charge in [-0.25, -0.2) is 0 Å². The minimum atomic E-state index is 0.276. The van der Waals surface area contributed by atoms with E-state index < -0.39 is 0 Å². The molecular weight excluding hydrogens is 212 g/mol. The third kappa shape index (κ3) is 2.11. The van der Waals surface area contributed by atoms with Crippen LogP contribution in [0.2, 0.25) is 0 Å². The maximum Gasteiger partial charge on any atom is 0.121 e. The monoisotopic (exact) mass is 228 g/mol. The second kappa shape index (κ2) is 4.13. The largest absolute Gasteiger partial charge is 0.508 e. The Hall–Kier alpha value is -1.96. The zero-order valence-corrected chi connectivity index (χ0v) is 10.3. The molecule has 0 fully saturated rings. The van der Waals surface area contributed by atoms with E-state index in [0.717, 1.165) is 27.8 Å². The van der Waals surface area contributed by atoms with Gasteiger partial charge >= 0.3 is 0 Å². The zero-order valence-electron chi connectivity index (χ0n) is 10.3. The Balaban J connectivity index is 2.61. The molecule has 2 aromatic rings. The predicted octanol–water partition coefficient (Wildman–Crippen LogP) is 3.69. The molecule has 0 aliphatic carbocycles. The van der Waals surface area contributed by atoms with Crippen molar-refractivity contribution in [3.05, 3.63) is 47.0 Å². The van der Waals surface area contributed by atoms with Gasteiger partial charge in [-0.2, -0.15) is 0 Å². The molecule has 2 rings (SSSR count). The van der Waals surface area contributed by atoms with Crippen molar-refractivity contribution in [3.8, 4) is 22.6 Å². The van der Waals surface area contributed by atoms with Gasteiger partial charge in [-0.15, -0.1) is 0 Å². The van der Waals surface area contributed by atoms with E-state index >= 15 is 0 Å². The summed E-state index contributed by atoms with van der Waals surface area (Å²) in [7, 11) is 0. The number of phenolic OH excluding ortho intramolecular Hbond substituents is 2. The van der Waals surface area contributed by atoms with Crippen LogP contribution in [0.25, 0.3) is 11.1 Å². The fourth-order valence-corrected chi connectivity index (χ4v) is 2.08. The summed E-state index contributed by atoms with van der Waals surface area (Å²) < 4.78 is 0. The number of aromatic hydroxyl groups is 2. The third-order valence-corrected chi connectivity index (χ3v) is 3.01. The Bertz CT molecular complexity index is 548. The molecular formula is C15H16O2. The Morgan fingerprint density at radius 2 is 1.35 bits per heavy atom. The van der Waals surface area contributed by atoms with Crippen molar-refractivity contribution in [3.63, 3.8) is 0 Å². The van der Waals surface area contributed by atoms with Gasteiger partial charge in [0.25, 0.3) is 0 Å². The van der Waals surface area contributed by atoms with Crippen LogP contribution in [-0.2, 0) is 0 Å². The molecule has 2 N–H and O–H groups in total. The van der Waals surface area contributed by atoms with Crippen molar-refractivity contribution in [2.75, 3.05) is 0 Å². The molecule has 2 aromatic carbocycles. The van der Waals surface area contributed by atoms with Crippen LogP contribution in [0.3, 0.4) is 0 Å². The molecule has 0 aliphatic rings. The van der Waals surface area contributed by atoms with Crippen molar-refractivity contribution in [1.82, 2.24) is 0 Å². The molecule has 0 radical (unpaired) electrons. The molecule has 0 aliphatic heterocycles. The molecule has 17 heavy (non-hydrogen) atoms. The summed E-state index contributed by atoms with van der Waals surface area (Å²) >= 11 is 0. The average molecular weight is 228 g/mol. The molecule has 0 unspecified atom stereocenters. The first-order valence-electron chi connectivity index (χ1n) is 5.59. The summed E-state index contributed by atoms with van der Waals surface area (Å²) in [6.07, 6.45) is 0. The van der Waals surface area contributed by atoms with E-state index in [2.05, 4.69) is 0 Å². The molecule has 2 nitrogen and oxygen atoms in total. The smallest absolute Gasteiger partial charge is 0.121 e. The lowest BCUT2D eigenvalue weighted by molar-refractivity contribution is 0.467. The normalized spacial score (nSPS) is 10.5. The predicted molar refractivity (Wildman–Crippen MR) is 69.4 cm³/mol. The summed E-state index contributed by atoms with van der Waals surface area (Å²) in [5, 5.41) is 19.1. The Morgan fingerprint density at radius 1 is 0.765 bits per heavy atom. The van der Waals surface area contributed by atoms with Crippen LogP contribution in [0.1, 0.15) is 16.7 Å². The van der Waals surface area contributed by atoms with Crippen LogP contribution in [0.5, 0.6) is 11.5 Å². The van der Waals surface area contributed by atoms with E-state index in [1.54, 1.807) is 12.1 Å². The van der Waals surface area contributed by atoms with Crippen LogP contribution >= 0.6 is 0 Å². The van der Waals surface area contributed by atoms with Gasteiger partial charge in [0.15, 0.2) is 0 Å². The fourth-order valence-electron chi connectivity index (χ4n) is 2.08. The molecule has 0 spiro atoms. The minimum absolute atomic E-state index is 0.276. The van der Waals surface area contributed by atoms with Crippen LogP contribution in [0, 0.1) is 20.8 Å². The van der Waals surface area contributed by atoms with Gasteiger partial charge in [0, 0.05) is 0 Å². The summed E-state index contributed by atoms with van der Waals surface area (Å²) in [6.45, 7) is 5.75. The van der Waals surface area contributed by atoms with Gasteiger partial charge in [-0.1, -0.05) is 6.07 Å². The maximum atomic E-state index is 9.75. The van der Waals surface area contributed by atoms with E-state index in [-0.39, 0.29) is 5.75 Å². The van der Waals surface area contributed by atoms with Crippen LogP contribution in [0.4, 0.5) is 0 Å². The molecule has 0 amide bonds. The number of aryl methyl sites for hydroxylation is 3. The Labute approximate surface area is 101 Å². The molecule has 88 valence electrons. The SMILES string of the molecule is Cc1cc(O)ccc1-c1cc(C)c(O)c(C)c1. The van der Waals surface area contributed by atoms with E-state index in [0.29, 0.717) is 5.75 Å². The zero-order chi connectivity index (χ0) is 12.6. The topological polar surface area (TPSA) is 40.5 Å². The van der Waals surface area contributed by atoms with Crippen molar-refractivity contribution >= 4 is 0 Å². The number of rotatable bonds is 1. The summed E-state index contributed by atoms with van der Waals surface area (Å²) in [5.74, 6) is 0.628. The highest BCUT2D eigenvalue weighted by Gasteiger charge is 2.07. The summed E-state index contributed by atoms with van der Waals surface area (Å²) in [4.78, 5) is 0. The third-order valence-electron chi connectivity index (χ3n) is 3.01. The number of hydrogen-bond donors (Lipinski definition) is 2. The lowest BCUT2D eigenvalue weighted by atomic mass is 9.96. The van der Waals surface area contributed by atoms with E-state index in [9.17, 15) is 10.2 Å². The maximum absolute atomic E-state index is 9.75. The average Bonchev–Trinajstić information content (AvgIpc) is 2.25. The van der Waals surface area contributed by atoms with Crippen LogP contribution in [0.15, 0.2) is 30.3 Å². The fraction of sp³-hybridized carbons (Fsp3) is 0.200. The molecule has 0 saturated heterocycles. The lowest BCUT2D eigenvalue weighted by Gasteiger charge is -2.10. The van der Waals surface area contributed by atoms with Crippen LogP contribution < -0.4 is 0 Å². The Morgan fingerprint density at radius 3 is 1.88 bits per heavy atom. The van der Waals surface area contributed by atoms with Gasteiger partial charge in [-0.05, 0) is 72.9 Å². The minimum Gasteiger partial charge on any atom is -0.508 e. The summed E-state index contributed by atoms with van der Waals surface area (Å²) in [5.41, 5.74) is 4.90. The van der Waals surface area contributed by atoms with Gasteiger partial charge in [0.2, 0.25) is 0 Å². The number of benzene rings is 2. The van der Waals surface area contributed by atoms with Crippen LogP contribution in [-0.4, -0.2) is 10.2 Å². The molecule has 0 heterocycles. The summed E-state index contributed by atoms with van der Waals surface area (Å²) in [6, 6.07) is 9.24. The Kier molecular flexibility index (Phi) is 2.80. The highest BCUT2D eigenvalue weighted by molar-refractivity contribution is 5.70. The van der Waals surface area contributed by atoms with Crippen molar-refractivity contribution in [2.24, 2.45) is 0 Å². The molecule has 0 bridgehead atoms. The van der Waals surface area contributed by atoms with Crippen molar-refractivity contribution in [1.29, 1.82) is 0 Å². The van der Waals surface area contributed by atoms with Gasteiger partial charge in [0.1, 0.15) is 11.5 Å². The second-order valence-electron chi connectivity index (χ2n) is 4.46. The van der Waals surface area contributed by atoms with Gasteiger partial charge in [-0.3, -0.25) is 0 Å². The van der Waals surface area contributed by atoms with Gasteiger partial charge < -0.3 is 10.2 Å². The quantitative estimate of drug-likeness (QED) is 0.781. The number of phenols is 2. The van der Waals surface area contributed by atoms with E-state index in [4.69, 9.17) is 0 Å². The lowest BCUT2D eigenvalue weighted by Crippen LogP contribution is -1.87. The molecule has 0 atom stereocenters. The highest BCUT2D eigenvalue weighted by atomic mass is 16.3. The highest BCUT2D eigenvalue weighted by Crippen LogP contribution is 2.31. The van der Waals surface area contributed by atoms with Crippen molar-refractivity contribution in [2.45, 2.75) is 20.8 Å². The number of hydrogen-bond acceptors (Lipinski definition) is 2. The first-order valence-corrected chi connectivity index (χ1v) is 5.59. The van der Waals surface area contributed by atoms with Gasteiger partial charge in [0.05, 0.1) is 0 Å². The first kappa shape index (κ1) is 11.5. The van der Waals surface area contributed by atoms with E-state index in [1.165, 1.54) is 0 Å². The molecule has 0 aromatic heterocycles. The molecule has 0 saturated carbocycles. The van der Waals surface area contributed by atoms with Crippen molar-refractivity contribution < 1.29 is 10.2 Å². The second-order valence-corrected chi connectivity index (χ2v) is 4.46. The standard InChI is InChI=1S/C15H16O2/c1-9-8-13(16)4-5-14(9)12-6-10(2)15(17)11(3)7-12/h4-8,16-17H,1-3H3. The molecule has 2 heteroatoms.